The van der Waals surface area contributed by atoms with Gasteiger partial charge in [0.1, 0.15) is 0 Å². The number of aromatic nitrogens is 2. The Morgan fingerprint density at radius 1 is 1.28 bits per heavy atom. The maximum atomic E-state index is 13.0. The Labute approximate surface area is 101 Å². The van der Waals surface area contributed by atoms with Crippen molar-refractivity contribution in [1.82, 2.24) is 9.55 Å². The van der Waals surface area contributed by atoms with Gasteiger partial charge in [-0.2, -0.15) is 9.65 Å². The molecule has 1 aromatic carbocycles. The first kappa shape index (κ1) is 11.8. The van der Waals surface area contributed by atoms with Crippen LogP contribution in [0.5, 0.6) is 0 Å². The van der Waals surface area contributed by atoms with Crippen LogP contribution in [0.15, 0.2) is 40.1 Å². The van der Waals surface area contributed by atoms with Gasteiger partial charge in [0.15, 0.2) is 0 Å². The van der Waals surface area contributed by atoms with Crippen LogP contribution in [-0.4, -0.2) is 9.55 Å². The van der Waals surface area contributed by atoms with E-state index < -0.39 is 17.1 Å². The smallest absolute Gasteiger partial charge is 0.293 e. The van der Waals surface area contributed by atoms with E-state index in [1.54, 1.807) is 24.3 Å². The second kappa shape index (κ2) is 4.67. The average molecular weight is 245 g/mol. The summed E-state index contributed by atoms with van der Waals surface area (Å²) in [5.41, 5.74) is -0.483. The second-order valence-corrected chi connectivity index (χ2v) is 3.67. The first-order valence-corrected chi connectivity index (χ1v) is 5.08. The predicted octanol–water partition coefficient (Wildman–Crippen LogP) is 0.596. The summed E-state index contributed by atoms with van der Waals surface area (Å²) >= 11 is 0. The Kier molecular flexibility index (Phi) is 3.06. The fraction of sp³-hybridized carbons (Fsp3) is 0.0833. The van der Waals surface area contributed by atoms with Crippen molar-refractivity contribution in [3.63, 3.8) is 0 Å². The van der Waals surface area contributed by atoms with E-state index in [2.05, 4.69) is 0 Å². The number of hydrogen-bond acceptors (Lipinski definition) is 3. The van der Waals surface area contributed by atoms with Crippen LogP contribution in [-0.2, 0) is 6.54 Å². The minimum Gasteiger partial charge on any atom is -0.293 e. The maximum Gasteiger partial charge on any atom is 0.328 e. The van der Waals surface area contributed by atoms with Crippen LogP contribution in [0.2, 0.25) is 0 Å². The molecule has 0 atom stereocenters. The predicted molar refractivity (Wildman–Crippen MR) is 61.5 cm³/mol. The van der Waals surface area contributed by atoms with E-state index in [0.29, 0.717) is 5.56 Å². The van der Waals surface area contributed by atoms with E-state index in [-0.39, 0.29) is 6.54 Å². The SMILES string of the molecule is N#Cc1ccc(Cn2cc(F)c(=O)[nH]c2=O)cc1. The number of nitriles is 1. The Balaban J connectivity index is 2.34. The van der Waals surface area contributed by atoms with Crippen molar-refractivity contribution in [3.8, 4) is 6.07 Å². The largest absolute Gasteiger partial charge is 0.328 e. The van der Waals surface area contributed by atoms with Crippen LogP contribution in [0.25, 0.3) is 0 Å². The lowest BCUT2D eigenvalue weighted by Gasteiger charge is -2.04. The molecule has 0 unspecified atom stereocenters. The molecule has 2 rings (SSSR count). The fourth-order valence-electron chi connectivity index (χ4n) is 1.48. The van der Waals surface area contributed by atoms with Crippen molar-refractivity contribution >= 4 is 0 Å². The van der Waals surface area contributed by atoms with Crippen molar-refractivity contribution in [2.45, 2.75) is 6.54 Å². The maximum absolute atomic E-state index is 13.0. The molecule has 1 aromatic heterocycles. The summed E-state index contributed by atoms with van der Waals surface area (Å²) in [6.07, 6.45) is 0.860. The summed E-state index contributed by atoms with van der Waals surface area (Å²) in [4.78, 5) is 24.1. The highest BCUT2D eigenvalue weighted by Gasteiger charge is 2.04. The third kappa shape index (κ3) is 2.35. The molecule has 0 saturated carbocycles. The minimum absolute atomic E-state index is 0.123. The molecule has 6 heteroatoms. The molecule has 0 fully saturated rings. The Morgan fingerprint density at radius 2 is 1.94 bits per heavy atom. The van der Waals surface area contributed by atoms with Crippen LogP contribution >= 0.6 is 0 Å². The van der Waals surface area contributed by atoms with E-state index in [0.717, 1.165) is 16.3 Å². The van der Waals surface area contributed by atoms with Crippen LogP contribution in [0, 0.1) is 17.1 Å². The summed E-state index contributed by atoms with van der Waals surface area (Å²) < 4.78 is 14.1. The van der Waals surface area contributed by atoms with E-state index in [4.69, 9.17) is 5.26 Å². The summed E-state index contributed by atoms with van der Waals surface area (Å²) in [6.45, 7) is 0.123. The topological polar surface area (TPSA) is 78.7 Å². The molecule has 0 spiro atoms. The zero-order valence-electron chi connectivity index (χ0n) is 9.18. The summed E-state index contributed by atoms with van der Waals surface area (Å²) in [6, 6.07) is 8.49. The van der Waals surface area contributed by atoms with E-state index in [1.165, 1.54) is 0 Å². The van der Waals surface area contributed by atoms with Crippen LogP contribution < -0.4 is 11.2 Å². The zero-order valence-corrected chi connectivity index (χ0v) is 9.18. The molecular weight excluding hydrogens is 237 g/mol. The lowest BCUT2D eigenvalue weighted by molar-refractivity contribution is 0.566. The van der Waals surface area contributed by atoms with Gasteiger partial charge in [0.2, 0.25) is 5.82 Å². The van der Waals surface area contributed by atoms with Crippen LogP contribution in [0.1, 0.15) is 11.1 Å². The first-order chi connectivity index (χ1) is 8.60. The molecule has 0 radical (unpaired) electrons. The molecule has 0 aliphatic rings. The summed E-state index contributed by atoms with van der Waals surface area (Å²) in [5, 5.41) is 8.63. The van der Waals surface area contributed by atoms with E-state index >= 15 is 0 Å². The van der Waals surface area contributed by atoms with Crippen LogP contribution in [0.3, 0.4) is 0 Å². The van der Waals surface area contributed by atoms with E-state index in [1.807, 2.05) is 11.1 Å². The number of aromatic amines is 1. The monoisotopic (exact) mass is 245 g/mol. The van der Waals surface area contributed by atoms with Crippen LogP contribution in [0.4, 0.5) is 4.39 Å². The number of hydrogen-bond donors (Lipinski definition) is 1. The third-order valence-corrected chi connectivity index (χ3v) is 2.40. The standard InChI is InChI=1S/C12H8FN3O2/c13-10-7-16(12(18)15-11(10)17)6-9-3-1-8(5-14)2-4-9/h1-4,7H,6H2,(H,15,17,18). The van der Waals surface area contributed by atoms with Gasteiger partial charge in [-0.3, -0.25) is 14.3 Å². The van der Waals surface area contributed by atoms with Crippen molar-refractivity contribution in [2.75, 3.05) is 0 Å². The molecular formula is C12H8FN3O2. The van der Waals surface area contributed by atoms with Crippen molar-refractivity contribution in [3.05, 3.63) is 68.2 Å². The molecule has 0 aliphatic carbocycles. The number of nitrogens with zero attached hydrogens (tertiary/aromatic N) is 2. The number of rotatable bonds is 2. The van der Waals surface area contributed by atoms with Gasteiger partial charge >= 0.3 is 5.69 Å². The van der Waals surface area contributed by atoms with Crippen molar-refractivity contribution in [2.24, 2.45) is 0 Å². The minimum atomic E-state index is -1.03. The van der Waals surface area contributed by atoms with Gasteiger partial charge in [-0.25, -0.2) is 4.79 Å². The molecule has 1 heterocycles. The molecule has 5 nitrogen and oxygen atoms in total. The van der Waals surface area contributed by atoms with Gasteiger partial charge in [-0.15, -0.1) is 0 Å². The molecule has 0 amide bonds. The molecule has 18 heavy (non-hydrogen) atoms. The number of H-pyrrole nitrogens is 1. The normalized spacial score (nSPS) is 10.0. The van der Waals surface area contributed by atoms with Crippen molar-refractivity contribution < 1.29 is 4.39 Å². The third-order valence-electron chi connectivity index (χ3n) is 2.40. The lowest BCUT2D eigenvalue weighted by Crippen LogP contribution is -2.31. The average Bonchev–Trinajstić information content (AvgIpc) is 2.37. The highest BCUT2D eigenvalue weighted by atomic mass is 19.1. The lowest BCUT2D eigenvalue weighted by atomic mass is 10.1. The number of benzene rings is 1. The van der Waals surface area contributed by atoms with Gasteiger partial charge < -0.3 is 0 Å². The Bertz CT molecular complexity index is 723. The van der Waals surface area contributed by atoms with Gasteiger partial charge in [0, 0.05) is 0 Å². The second-order valence-electron chi connectivity index (χ2n) is 3.67. The van der Waals surface area contributed by atoms with Gasteiger partial charge in [0.05, 0.1) is 24.4 Å². The molecule has 0 aliphatic heterocycles. The molecule has 0 bridgehead atoms. The van der Waals surface area contributed by atoms with Crippen molar-refractivity contribution in [1.29, 1.82) is 5.26 Å². The Morgan fingerprint density at radius 3 is 2.56 bits per heavy atom. The number of nitrogens with one attached hydrogen (secondary N) is 1. The highest BCUT2D eigenvalue weighted by molar-refractivity contribution is 5.31. The Hall–Kier alpha value is -2.68. The number of halogens is 1. The highest BCUT2D eigenvalue weighted by Crippen LogP contribution is 2.04. The fourth-order valence-corrected chi connectivity index (χ4v) is 1.48. The summed E-state index contributed by atoms with van der Waals surface area (Å²) in [5.74, 6) is -1.01. The van der Waals surface area contributed by atoms with Gasteiger partial charge in [0.25, 0.3) is 5.56 Å². The van der Waals surface area contributed by atoms with E-state index in [9.17, 15) is 14.0 Å². The molecule has 0 saturated heterocycles. The van der Waals surface area contributed by atoms with Gasteiger partial charge in [-0.05, 0) is 17.7 Å². The molecule has 90 valence electrons. The van der Waals surface area contributed by atoms with Gasteiger partial charge in [-0.1, -0.05) is 12.1 Å². The quantitative estimate of drug-likeness (QED) is 0.841. The zero-order chi connectivity index (χ0) is 13.1. The summed E-state index contributed by atoms with van der Waals surface area (Å²) in [7, 11) is 0. The first-order valence-electron chi connectivity index (χ1n) is 5.08. The molecule has 2 aromatic rings. The molecule has 1 N–H and O–H groups in total.